The molecule has 0 aromatic rings. The van der Waals surface area contributed by atoms with Crippen molar-refractivity contribution < 1.29 is 0 Å². The molecule has 28 heavy (non-hydrogen) atoms. The summed E-state index contributed by atoms with van der Waals surface area (Å²) in [6.45, 7) is 7.60. The van der Waals surface area contributed by atoms with Crippen molar-refractivity contribution in [1.82, 2.24) is 0 Å². The molecule has 0 radical (unpaired) electrons. The van der Waals surface area contributed by atoms with Gasteiger partial charge in [0.25, 0.3) is 0 Å². The van der Waals surface area contributed by atoms with Crippen LogP contribution in [0.25, 0.3) is 0 Å². The van der Waals surface area contributed by atoms with Gasteiger partial charge < -0.3 is 0 Å². The largest absolute Gasteiger partial charge is 0.0625 e. The molecule has 4 aliphatic carbocycles. The van der Waals surface area contributed by atoms with Gasteiger partial charge in [-0.2, -0.15) is 0 Å². The van der Waals surface area contributed by atoms with Gasteiger partial charge >= 0.3 is 0 Å². The van der Waals surface area contributed by atoms with E-state index in [1.54, 1.807) is 70.6 Å². The summed E-state index contributed by atoms with van der Waals surface area (Å²) in [5.74, 6) is 9.55. The molecule has 0 heteroatoms. The average Bonchev–Trinajstić information content (AvgIpc) is 2.93. The third-order valence-electron chi connectivity index (χ3n) is 10.4. The summed E-state index contributed by atoms with van der Waals surface area (Å²) in [5, 5.41) is 0. The number of hydrogen-bond donors (Lipinski definition) is 0. The van der Waals surface area contributed by atoms with Crippen LogP contribution in [0.1, 0.15) is 124 Å². The van der Waals surface area contributed by atoms with Gasteiger partial charge in [0, 0.05) is 0 Å². The minimum atomic E-state index is 0.999. The van der Waals surface area contributed by atoms with Crippen LogP contribution >= 0.6 is 0 Å². The molecule has 4 aliphatic rings. The molecule has 0 N–H and O–H groups in total. The van der Waals surface area contributed by atoms with E-state index in [1.165, 1.54) is 32.1 Å². The zero-order valence-electron chi connectivity index (χ0n) is 19.5. The molecule has 0 amide bonds. The second-order valence-electron chi connectivity index (χ2n) is 12.3. The molecule has 0 spiro atoms. The molecule has 162 valence electrons. The highest BCUT2D eigenvalue weighted by molar-refractivity contribution is 4.89. The summed E-state index contributed by atoms with van der Waals surface area (Å²) >= 11 is 0. The topological polar surface area (TPSA) is 0 Å². The molecule has 5 atom stereocenters. The normalized spacial score (nSPS) is 48.8. The van der Waals surface area contributed by atoms with Crippen LogP contribution in [0.15, 0.2) is 0 Å². The molecule has 4 fully saturated rings. The Kier molecular flexibility index (Phi) is 7.49. The van der Waals surface area contributed by atoms with Crippen LogP contribution in [-0.4, -0.2) is 0 Å². The van der Waals surface area contributed by atoms with Crippen molar-refractivity contribution in [1.29, 1.82) is 0 Å². The lowest BCUT2D eigenvalue weighted by molar-refractivity contribution is 0.0652. The predicted octanol–water partition coefficient (Wildman–Crippen LogP) is 8.89. The Morgan fingerprint density at radius 1 is 0.393 bits per heavy atom. The Bertz CT molecular complexity index is 451. The molecule has 0 heterocycles. The highest BCUT2D eigenvalue weighted by atomic mass is 14.4. The van der Waals surface area contributed by atoms with E-state index in [-0.39, 0.29) is 0 Å². The SMILES string of the molecule is CC1CCC(C2CCC(C3CCC(C4CCCC(C)CC4)C(C)C3)CC2)CC1. The van der Waals surface area contributed by atoms with Gasteiger partial charge in [0.1, 0.15) is 0 Å². The first-order valence-corrected chi connectivity index (χ1v) is 13.6. The minimum Gasteiger partial charge on any atom is -0.0625 e. The Hall–Kier alpha value is 0. The maximum absolute atomic E-state index is 2.64. The van der Waals surface area contributed by atoms with Gasteiger partial charge in [-0.3, -0.25) is 0 Å². The van der Waals surface area contributed by atoms with Gasteiger partial charge in [-0.15, -0.1) is 0 Å². The molecule has 0 aromatic carbocycles. The van der Waals surface area contributed by atoms with Gasteiger partial charge in [-0.1, -0.05) is 59.3 Å². The first-order valence-electron chi connectivity index (χ1n) is 13.6. The van der Waals surface area contributed by atoms with E-state index in [9.17, 15) is 0 Å². The molecular formula is C28H50. The average molecular weight is 387 g/mol. The lowest BCUT2D eigenvalue weighted by Gasteiger charge is -2.44. The van der Waals surface area contributed by atoms with E-state index in [0.29, 0.717) is 0 Å². The lowest BCUT2D eigenvalue weighted by atomic mass is 9.61. The standard InChI is InChI=1S/C28H50/c1-20-5-4-6-26(12-9-20)28-18-17-27(19-22(28)3)25-15-13-24(14-16-25)23-10-7-21(2)8-11-23/h20-28H,4-19H2,1-3H3. The summed E-state index contributed by atoms with van der Waals surface area (Å²) in [6, 6.07) is 0. The third kappa shape index (κ3) is 5.18. The van der Waals surface area contributed by atoms with Crippen LogP contribution in [-0.2, 0) is 0 Å². The van der Waals surface area contributed by atoms with Crippen molar-refractivity contribution >= 4 is 0 Å². The highest BCUT2D eigenvalue weighted by Gasteiger charge is 2.38. The van der Waals surface area contributed by atoms with E-state index in [0.717, 1.165) is 53.3 Å². The van der Waals surface area contributed by atoms with Gasteiger partial charge in [-0.05, 0) is 117 Å². The van der Waals surface area contributed by atoms with Gasteiger partial charge in [0.2, 0.25) is 0 Å². The van der Waals surface area contributed by atoms with Crippen molar-refractivity contribution in [2.75, 3.05) is 0 Å². The van der Waals surface area contributed by atoms with Crippen LogP contribution in [0, 0.1) is 53.3 Å². The second kappa shape index (κ2) is 9.87. The van der Waals surface area contributed by atoms with Crippen LogP contribution in [0.5, 0.6) is 0 Å². The van der Waals surface area contributed by atoms with E-state index >= 15 is 0 Å². The molecule has 4 rings (SSSR count). The fourth-order valence-electron chi connectivity index (χ4n) is 8.38. The van der Waals surface area contributed by atoms with Crippen molar-refractivity contribution in [2.45, 2.75) is 124 Å². The molecule has 0 nitrogen and oxygen atoms in total. The van der Waals surface area contributed by atoms with Gasteiger partial charge in [-0.25, -0.2) is 0 Å². The maximum Gasteiger partial charge on any atom is -0.0360 e. The van der Waals surface area contributed by atoms with E-state index in [1.807, 2.05) is 0 Å². The smallest absolute Gasteiger partial charge is 0.0360 e. The van der Waals surface area contributed by atoms with E-state index in [4.69, 9.17) is 0 Å². The molecule has 4 saturated carbocycles. The Balaban J connectivity index is 1.23. The molecule has 0 aromatic heterocycles. The maximum atomic E-state index is 2.64. The van der Waals surface area contributed by atoms with Crippen LogP contribution in [0.4, 0.5) is 0 Å². The quantitative estimate of drug-likeness (QED) is 0.425. The molecule has 5 unspecified atom stereocenters. The van der Waals surface area contributed by atoms with Crippen LogP contribution in [0.3, 0.4) is 0 Å². The zero-order chi connectivity index (χ0) is 19.5. The van der Waals surface area contributed by atoms with E-state index < -0.39 is 0 Å². The number of hydrogen-bond acceptors (Lipinski definition) is 0. The summed E-state index contributed by atoms with van der Waals surface area (Å²) in [4.78, 5) is 0. The minimum absolute atomic E-state index is 0.999. The Labute approximate surface area is 177 Å². The third-order valence-corrected chi connectivity index (χ3v) is 10.4. The Morgan fingerprint density at radius 2 is 0.857 bits per heavy atom. The van der Waals surface area contributed by atoms with Crippen LogP contribution in [0.2, 0.25) is 0 Å². The summed E-state index contributed by atoms with van der Waals surface area (Å²) in [5.41, 5.74) is 0. The molecule has 0 saturated heterocycles. The Morgan fingerprint density at radius 3 is 1.46 bits per heavy atom. The summed E-state index contributed by atoms with van der Waals surface area (Å²) < 4.78 is 0. The van der Waals surface area contributed by atoms with E-state index in [2.05, 4.69) is 20.8 Å². The lowest BCUT2D eigenvalue weighted by Crippen LogP contribution is -2.34. The highest BCUT2D eigenvalue weighted by Crippen LogP contribution is 2.49. The fraction of sp³-hybridized carbons (Fsp3) is 1.00. The zero-order valence-corrected chi connectivity index (χ0v) is 19.5. The molecule has 0 bridgehead atoms. The molecule has 0 aliphatic heterocycles. The monoisotopic (exact) mass is 386 g/mol. The first-order chi connectivity index (χ1) is 13.6. The number of rotatable bonds is 3. The van der Waals surface area contributed by atoms with Gasteiger partial charge in [0.05, 0.1) is 0 Å². The van der Waals surface area contributed by atoms with Crippen molar-refractivity contribution in [2.24, 2.45) is 53.3 Å². The summed E-state index contributed by atoms with van der Waals surface area (Å²) in [6.07, 6.45) is 24.8. The van der Waals surface area contributed by atoms with Crippen molar-refractivity contribution in [3.63, 3.8) is 0 Å². The van der Waals surface area contributed by atoms with Crippen molar-refractivity contribution in [3.05, 3.63) is 0 Å². The first kappa shape index (κ1) is 21.2. The van der Waals surface area contributed by atoms with Crippen LogP contribution < -0.4 is 0 Å². The van der Waals surface area contributed by atoms with Gasteiger partial charge in [0.15, 0.2) is 0 Å². The van der Waals surface area contributed by atoms with Crippen molar-refractivity contribution in [3.8, 4) is 0 Å². The predicted molar refractivity (Wildman–Crippen MR) is 122 cm³/mol. The summed E-state index contributed by atoms with van der Waals surface area (Å²) in [7, 11) is 0. The fourth-order valence-corrected chi connectivity index (χ4v) is 8.38. The molecular weight excluding hydrogens is 336 g/mol. The second-order valence-corrected chi connectivity index (χ2v) is 12.3.